The van der Waals surface area contributed by atoms with E-state index in [1.54, 1.807) is 35.4 Å². The first-order valence-electron chi connectivity index (χ1n) is 6.28. The van der Waals surface area contributed by atoms with Crippen molar-refractivity contribution in [2.24, 2.45) is 0 Å². The number of hydrogen-bond acceptors (Lipinski definition) is 6. The number of fused-ring (bicyclic) bond motifs is 1. The third-order valence-corrected chi connectivity index (χ3v) is 5.08. The fourth-order valence-electron chi connectivity index (χ4n) is 1.80. The van der Waals surface area contributed by atoms with E-state index < -0.39 is 0 Å². The van der Waals surface area contributed by atoms with Crippen LogP contribution in [0.1, 0.15) is 16.1 Å². The molecule has 3 aromatic rings. The Balaban J connectivity index is 1.68. The summed E-state index contributed by atoms with van der Waals surface area (Å²) in [5, 5.41) is 0. The molecule has 0 saturated carbocycles. The molecular formula is C15H12N2O2S2. The normalized spacial score (nSPS) is 10.7. The summed E-state index contributed by atoms with van der Waals surface area (Å²) in [7, 11) is 1.36. The number of carbonyl (C=O) groups is 1. The van der Waals surface area contributed by atoms with Crippen molar-refractivity contribution < 1.29 is 9.53 Å². The van der Waals surface area contributed by atoms with Gasteiger partial charge in [-0.15, -0.1) is 11.3 Å². The Hall–Kier alpha value is -1.92. The summed E-state index contributed by atoms with van der Waals surface area (Å²) in [6.07, 6.45) is 1.54. The zero-order valence-corrected chi connectivity index (χ0v) is 12.9. The minimum absolute atomic E-state index is 0.368. The van der Waals surface area contributed by atoms with Crippen LogP contribution in [0.4, 0.5) is 0 Å². The van der Waals surface area contributed by atoms with Gasteiger partial charge in [-0.2, -0.15) is 0 Å². The molecule has 2 heterocycles. The molecule has 2 aromatic heterocycles. The maximum absolute atomic E-state index is 11.3. The monoisotopic (exact) mass is 316 g/mol. The summed E-state index contributed by atoms with van der Waals surface area (Å²) in [6, 6.07) is 11.7. The zero-order valence-electron chi connectivity index (χ0n) is 11.3. The average Bonchev–Trinajstić information content (AvgIpc) is 2.95. The number of ether oxygens (including phenoxy) is 1. The maximum atomic E-state index is 11.3. The number of benzene rings is 1. The molecule has 0 bridgehead atoms. The summed E-state index contributed by atoms with van der Waals surface area (Å²) in [6.45, 7) is 0. The minimum Gasteiger partial charge on any atom is -0.465 e. The summed E-state index contributed by atoms with van der Waals surface area (Å²) in [5.41, 5.74) is 2.40. The van der Waals surface area contributed by atoms with Crippen molar-refractivity contribution in [3.05, 3.63) is 53.9 Å². The average molecular weight is 316 g/mol. The predicted molar refractivity (Wildman–Crippen MR) is 84.8 cm³/mol. The van der Waals surface area contributed by atoms with E-state index in [0.717, 1.165) is 21.3 Å². The second kappa shape index (κ2) is 6.24. The smallest absolute Gasteiger partial charge is 0.339 e. The molecule has 0 spiro atoms. The molecule has 21 heavy (non-hydrogen) atoms. The van der Waals surface area contributed by atoms with E-state index in [4.69, 9.17) is 0 Å². The van der Waals surface area contributed by atoms with Gasteiger partial charge in [0.2, 0.25) is 0 Å². The number of nitrogens with zero attached hydrogens (tertiary/aromatic N) is 2. The number of rotatable bonds is 4. The van der Waals surface area contributed by atoms with E-state index in [0.29, 0.717) is 5.56 Å². The van der Waals surface area contributed by atoms with Gasteiger partial charge in [0.1, 0.15) is 0 Å². The minimum atomic E-state index is -0.368. The van der Waals surface area contributed by atoms with Gasteiger partial charge in [0.05, 0.1) is 28.6 Å². The van der Waals surface area contributed by atoms with Crippen molar-refractivity contribution >= 4 is 39.3 Å². The lowest BCUT2D eigenvalue weighted by Crippen LogP contribution is -2.02. The van der Waals surface area contributed by atoms with Crippen LogP contribution in [-0.2, 0) is 10.5 Å². The van der Waals surface area contributed by atoms with Gasteiger partial charge in [-0.05, 0) is 24.3 Å². The number of methoxy groups -OCH3 is 1. The lowest BCUT2D eigenvalue weighted by Gasteiger charge is -2.01. The highest BCUT2D eigenvalue weighted by Gasteiger charge is 2.07. The largest absolute Gasteiger partial charge is 0.465 e. The summed E-state index contributed by atoms with van der Waals surface area (Å²) in [4.78, 5) is 20.2. The van der Waals surface area contributed by atoms with Crippen molar-refractivity contribution in [2.75, 3.05) is 7.11 Å². The zero-order chi connectivity index (χ0) is 14.7. The number of pyridine rings is 1. The Morgan fingerprint density at radius 3 is 2.86 bits per heavy atom. The molecule has 0 unspecified atom stereocenters. The standard InChI is InChI=1S/C15H12N2O2S2/c1-19-14(18)10-6-7-11(16-8-10)9-20-15-17-12-4-2-3-5-13(12)21-15/h2-8H,9H2,1H3. The molecule has 0 fully saturated rings. The predicted octanol–water partition coefficient (Wildman–Crippen LogP) is 3.77. The molecule has 6 heteroatoms. The lowest BCUT2D eigenvalue weighted by atomic mass is 10.2. The van der Waals surface area contributed by atoms with E-state index >= 15 is 0 Å². The molecule has 4 nitrogen and oxygen atoms in total. The van der Waals surface area contributed by atoms with Crippen LogP contribution < -0.4 is 0 Å². The number of para-hydroxylation sites is 1. The first kappa shape index (κ1) is 14.0. The first-order chi connectivity index (χ1) is 10.3. The maximum Gasteiger partial charge on any atom is 0.339 e. The lowest BCUT2D eigenvalue weighted by molar-refractivity contribution is 0.0600. The summed E-state index contributed by atoms with van der Waals surface area (Å²) >= 11 is 3.33. The quantitative estimate of drug-likeness (QED) is 0.542. The fourth-order valence-corrected chi connectivity index (χ4v) is 3.78. The first-order valence-corrected chi connectivity index (χ1v) is 8.08. The molecule has 3 rings (SSSR count). The van der Waals surface area contributed by atoms with Gasteiger partial charge in [0.25, 0.3) is 0 Å². The molecule has 0 saturated heterocycles. The number of hydrogen-bond donors (Lipinski definition) is 0. The van der Waals surface area contributed by atoms with Gasteiger partial charge < -0.3 is 4.74 Å². The molecule has 0 aliphatic carbocycles. The second-order valence-corrected chi connectivity index (χ2v) is 6.52. The van der Waals surface area contributed by atoms with Crippen LogP contribution in [0.3, 0.4) is 0 Å². The van der Waals surface area contributed by atoms with Crippen LogP contribution in [0.5, 0.6) is 0 Å². The van der Waals surface area contributed by atoms with Crippen LogP contribution in [0.15, 0.2) is 46.9 Å². The molecule has 0 aliphatic rings. The van der Waals surface area contributed by atoms with Gasteiger partial charge >= 0.3 is 5.97 Å². The number of carbonyl (C=O) groups excluding carboxylic acids is 1. The van der Waals surface area contributed by atoms with Gasteiger partial charge in [0.15, 0.2) is 4.34 Å². The fraction of sp³-hybridized carbons (Fsp3) is 0.133. The molecule has 0 atom stereocenters. The number of thiazole rings is 1. The molecule has 0 amide bonds. The molecule has 1 aromatic carbocycles. The van der Waals surface area contributed by atoms with E-state index in [-0.39, 0.29) is 5.97 Å². The van der Waals surface area contributed by atoms with Gasteiger partial charge in [-0.25, -0.2) is 9.78 Å². The van der Waals surface area contributed by atoms with Crippen LogP contribution in [0.25, 0.3) is 10.2 Å². The van der Waals surface area contributed by atoms with E-state index in [1.165, 1.54) is 11.8 Å². The third-order valence-electron chi connectivity index (χ3n) is 2.86. The Bertz CT molecular complexity index is 736. The van der Waals surface area contributed by atoms with Crippen molar-refractivity contribution in [1.82, 2.24) is 9.97 Å². The highest BCUT2D eigenvalue weighted by atomic mass is 32.2. The Kier molecular flexibility index (Phi) is 4.17. The van der Waals surface area contributed by atoms with E-state index in [2.05, 4.69) is 20.8 Å². The van der Waals surface area contributed by atoms with Crippen molar-refractivity contribution in [2.45, 2.75) is 10.1 Å². The van der Waals surface area contributed by atoms with Crippen molar-refractivity contribution in [3.8, 4) is 0 Å². The SMILES string of the molecule is COC(=O)c1ccc(CSc2nc3ccccc3s2)nc1. The highest BCUT2D eigenvalue weighted by Crippen LogP contribution is 2.30. The summed E-state index contributed by atoms with van der Waals surface area (Å²) < 4.78 is 6.86. The molecule has 106 valence electrons. The van der Waals surface area contributed by atoms with E-state index in [1.807, 2.05) is 24.3 Å². The van der Waals surface area contributed by atoms with Crippen LogP contribution in [-0.4, -0.2) is 23.0 Å². The van der Waals surface area contributed by atoms with Crippen molar-refractivity contribution in [1.29, 1.82) is 0 Å². The summed E-state index contributed by atoms with van der Waals surface area (Å²) in [5.74, 6) is 0.356. The van der Waals surface area contributed by atoms with Crippen LogP contribution >= 0.6 is 23.1 Å². The Morgan fingerprint density at radius 1 is 1.29 bits per heavy atom. The topological polar surface area (TPSA) is 52.1 Å². The molecule has 0 radical (unpaired) electrons. The highest BCUT2D eigenvalue weighted by molar-refractivity contribution is 8.00. The molecule has 0 aliphatic heterocycles. The van der Waals surface area contributed by atoms with Crippen LogP contribution in [0.2, 0.25) is 0 Å². The third kappa shape index (κ3) is 3.22. The van der Waals surface area contributed by atoms with Crippen molar-refractivity contribution in [3.63, 3.8) is 0 Å². The number of esters is 1. The Labute approximate surface area is 130 Å². The molecule has 0 N–H and O–H groups in total. The van der Waals surface area contributed by atoms with Crippen LogP contribution in [0, 0.1) is 0 Å². The van der Waals surface area contributed by atoms with E-state index in [9.17, 15) is 4.79 Å². The van der Waals surface area contributed by atoms with Gasteiger partial charge in [-0.1, -0.05) is 23.9 Å². The Morgan fingerprint density at radius 2 is 2.14 bits per heavy atom. The number of thioether (sulfide) groups is 1. The molecular weight excluding hydrogens is 304 g/mol. The van der Waals surface area contributed by atoms with Gasteiger partial charge in [0, 0.05) is 11.9 Å². The number of aromatic nitrogens is 2. The van der Waals surface area contributed by atoms with Gasteiger partial charge in [-0.3, -0.25) is 4.98 Å². The second-order valence-electron chi connectivity index (χ2n) is 4.27.